The number of allylic oxidation sites excluding steroid dienone is 16. The van der Waals surface area contributed by atoms with Crippen molar-refractivity contribution in [3.63, 3.8) is 0 Å². The number of hydrogen-bond donors (Lipinski definition) is 2. The fourth-order valence-corrected chi connectivity index (χ4v) is 8.85. The van der Waals surface area contributed by atoms with Crippen LogP contribution in [-0.4, -0.2) is 49.3 Å². The van der Waals surface area contributed by atoms with Crippen LogP contribution in [0.1, 0.15) is 258 Å². The number of rotatable bonds is 55. The zero-order chi connectivity index (χ0) is 53.1. The fourth-order valence-electron chi connectivity index (χ4n) is 8.08. The average Bonchev–Trinajstić information content (AvgIpc) is 3.38. The minimum absolute atomic E-state index is 0.0491. The molecule has 0 radical (unpaired) electrons. The molecule has 0 spiro atoms. The predicted molar refractivity (Wildman–Crippen MR) is 312 cm³/mol. The topological polar surface area (TPSA) is 134 Å². The highest BCUT2D eigenvalue weighted by Gasteiger charge is 2.26. The Kier molecular flexibility index (Phi) is 55.7. The SMILES string of the molecule is CC/C=C\C/C=C\C/C=C\C/C=C\C/C=C\C/C=C\CCCCCCCCCCCCCCCCCCCCC(=O)OC(COC(=O)CCCCCCC/C=C\C/C=C\CCCCC)COP(=O)(O)OCCN. The molecule has 0 aliphatic heterocycles. The first-order valence-electron chi connectivity index (χ1n) is 29.7. The van der Waals surface area contributed by atoms with Gasteiger partial charge in [-0.05, 0) is 96.3 Å². The second-order valence-corrected chi connectivity index (χ2v) is 20.9. The van der Waals surface area contributed by atoms with Crippen LogP contribution in [0.4, 0.5) is 0 Å². The summed E-state index contributed by atoms with van der Waals surface area (Å²) in [5.41, 5.74) is 5.38. The maximum Gasteiger partial charge on any atom is 0.472 e. The van der Waals surface area contributed by atoms with Crippen molar-refractivity contribution in [2.24, 2.45) is 5.73 Å². The van der Waals surface area contributed by atoms with Gasteiger partial charge in [0.05, 0.1) is 13.2 Å². The van der Waals surface area contributed by atoms with E-state index >= 15 is 0 Å². The van der Waals surface area contributed by atoms with Crippen molar-refractivity contribution in [1.82, 2.24) is 0 Å². The van der Waals surface area contributed by atoms with Gasteiger partial charge in [-0.15, -0.1) is 0 Å². The molecule has 0 amide bonds. The molecule has 0 aromatic rings. The van der Waals surface area contributed by atoms with E-state index in [1.54, 1.807) is 0 Å². The fraction of sp³-hybridized carbons (Fsp3) is 0.714. The Bertz CT molecular complexity index is 1510. The molecule has 0 aromatic heterocycles. The van der Waals surface area contributed by atoms with Crippen molar-refractivity contribution in [1.29, 1.82) is 0 Å². The monoisotopic (exact) mass is 1040 g/mol. The Labute approximate surface area is 448 Å². The highest BCUT2D eigenvalue weighted by Crippen LogP contribution is 2.43. The standard InChI is InChI=1S/C63H110NO8P/c1-3-5-7-9-11-13-15-17-19-20-21-22-23-24-25-26-27-28-29-30-31-32-33-34-35-36-37-38-39-40-42-44-46-48-50-52-54-56-63(66)72-61(60-71-73(67,68)70-58-57-64)59-69-62(65)55-53-51-49-47-45-43-41-18-16-14-12-10-8-6-4-2/h5,7,11-14,17-19,21-22,24-25,27-28,41,61H,3-4,6,8-10,15-16,20,23,26,29-40,42-60,64H2,1-2H3,(H,67,68)/b7-5-,13-11-,14-12-,19-17-,22-21-,25-24-,28-27-,41-18-. The Morgan fingerprint density at radius 3 is 1.12 bits per heavy atom. The van der Waals surface area contributed by atoms with E-state index in [2.05, 4.69) is 111 Å². The first-order chi connectivity index (χ1) is 35.8. The number of unbranched alkanes of at least 4 members (excludes halogenated alkanes) is 26. The van der Waals surface area contributed by atoms with E-state index in [1.807, 2.05) is 0 Å². The molecule has 2 atom stereocenters. The maximum absolute atomic E-state index is 12.7. The summed E-state index contributed by atoms with van der Waals surface area (Å²) in [6, 6.07) is 0. The minimum atomic E-state index is -4.39. The molecule has 0 fully saturated rings. The highest BCUT2D eigenvalue weighted by molar-refractivity contribution is 7.47. The van der Waals surface area contributed by atoms with E-state index in [4.69, 9.17) is 24.3 Å². The van der Waals surface area contributed by atoms with E-state index in [9.17, 15) is 19.0 Å². The maximum atomic E-state index is 12.7. The van der Waals surface area contributed by atoms with Crippen molar-refractivity contribution < 1.29 is 37.6 Å². The van der Waals surface area contributed by atoms with Crippen LogP contribution in [0.25, 0.3) is 0 Å². The summed E-state index contributed by atoms with van der Waals surface area (Å²) in [6.45, 7) is 3.59. The third-order valence-electron chi connectivity index (χ3n) is 12.5. The van der Waals surface area contributed by atoms with Gasteiger partial charge in [-0.25, -0.2) is 4.57 Å². The molecule has 2 unspecified atom stereocenters. The Morgan fingerprint density at radius 1 is 0.425 bits per heavy atom. The summed E-state index contributed by atoms with van der Waals surface area (Å²) < 4.78 is 33.0. The number of ether oxygens (including phenoxy) is 2. The Balaban J connectivity index is 3.87. The van der Waals surface area contributed by atoms with Gasteiger partial charge in [-0.3, -0.25) is 18.6 Å². The molecule has 0 bridgehead atoms. The van der Waals surface area contributed by atoms with Gasteiger partial charge in [0.25, 0.3) is 0 Å². The van der Waals surface area contributed by atoms with Crippen LogP contribution in [0.2, 0.25) is 0 Å². The lowest BCUT2D eigenvalue weighted by molar-refractivity contribution is -0.161. The molecule has 0 rings (SSSR count). The van der Waals surface area contributed by atoms with Crippen molar-refractivity contribution in [2.45, 2.75) is 264 Å². The molecule has 9 nitrogen and oxygen atoms in total. The van der Waals surface area contributed by atoms with Gasteiger partial charge < -0.3 is 20.1 Å². The van der Waals surface area contributed by atoms with Crippen LogP contribution >= 0.6 is 7.82 Å². The smallest absolute Gasteiger partial charge is 0.462 e. The Hall–Kier alpha value is -3.07. The summed E-state index contributed by atoms with van der Waals surface area (Å²) in [5, 5.41) is 0. The van der Waals surface area contributed by atoms with Crippen molar-refractivity contribution in [3.8, 4) is 0 Å². The number of hydrogen-bond acceptors (Lipinski definition) is 8. The van der Waals surface area contributed by atoms with E-state index < -0.39 is 32.5 Å². The summed E-state index contributed by atoms with van der Waals surface area (Å²) >= 11 is 0. The van der Waals surface area contributed by atoms with Crippen LogP contribution in [0.3, 0.4) is 0 Å². The van der Waals surface area contributed by atoms with E-state index in [-0.39, 0.29) is 32.6 Å². The van der Waals surface area contributed by atoms with Gasteiger partial charge in [-0.1, -0.05) is 246 Å². The third kappa shape index (κ3) is 58.1. The van der Waals surface area contributed by atoms with Gasteiger partial charge >= 0.3 is 19.8 Å². The number of esters is 2. The molecule has 3 N–H and O–H groups in total. The summed E-state index contributed by atoms with van der Waals surface area (Å²) in [7, 11) is -4.39. The molecule has 0 saturated heterocycles. The average molecular weight is 1040 g/mol. The van der Waals surface area contributed by atoms with Crippen molar-refractivity contribution in [3.05, 3.63) is 97.2 Å². The quantitative estimate of drug-likeness (QED) is 0.0264. The van der Waals surface area contributed by atoms with Crippen molar-refractivity contribution >= 4 is 19.8 Å². The first-order valence-corrected chi connectivity index (χ1v) is 31.2. The number of carbonyl (C=O) groups is 2. The van der Waals surface area contributed by atoms with Gasteiger partial charge in [-0.2, -0.15) is 0 Å². The first kappa shape index (κ1) is 69.9. The normalized spacial score (nSPS) is 13.8. The number of phosphoric acid groups is 1. The van der Waals surface area contributed by atoms with Gasteiger partial charge in [0.1, 0.15) is 6.61 Å². The second kappa shape index (κ2) is 58.2. The molecule has 10 heteroatoms. The molecular formula is C63H110NO8P. The van der Waals surface area contributed by atoms with Crippen LogP contribution in [0, 0.1) is 0 Å². The summed E-state index contributed by atoms with van der Waals surface area (Å²) in [4.78, 5) is 35.1. The lowest BCUT2D eigenvalue weighted by Gasteiger charge is -2.19. The molecule has 0 aliphatic carbocycles. The zero-order valence-corrected chi connectivity index (χ0v) is 47.7. The molecular weight excluding hydrogens is 930 g/mol. The van der Waals surface area contributed by atoms with Gasteiger partial charge in [0.2, 0.25) is 0 Å². The zero-order valence-electron chi connectivity index (χ0n) is 46.8. The molecule has 0 saturated carbocycles. The summed E-state index contributed by atoms with van der Waals surface area (Å²) in [5.74, 6) is -0.841. The number of phosphoric ester groups is 1. The molecule has 0 aromatic carbocycles. The van der Waals surface area contributed by atoms with E-state index in [1.165, 1.54) is 122 Å². The largest absolute Gasteiger partial charge is 0.472 e. The molecule has 0 aliphatic rings. The van der Waals surface area contributed by atoms with Crippen LogP contribution in [0.5, 0.6) is 0 Å². The molecule has 0 heterocycles. The molecule has 73 heavy (non-hydrogen) atoms. The lowest BCUT2D eigenvalue weighted by atomic mass is 10.0. The number of nitrogens with two attached hydrogens (primary N) is 1. The van der Waals surface area contributed by atoms with Crippen LogP contribution in [0.15, 0.2) is 97.2 Å². The van der Waals surface area contributed by atoms with Gasteiger partial charge in [0, 0.05) is 19.4 Å². The summed E-state index contributed by atoms with van der Waals surface area (Å²) in [6.07, 6.45) is 77.6. The van der Waals surface area contributed by atoms with E-state index in [0.717, 1.165) is 96.3 Å². The van der Waals surface area contributed by atoms with E-state index in [0.29, 0.717) is 12.8 Å². The van der Waals surface area contributed by atoms with Crippen molar-refractivity contribution in [2.75, 3.05) is 26.4 Å². The van der Waals surface area contributed by atoms with Gasteiger partial charge in [0.15, 0.2) is 6.10 Å². The second-order valence-electron chi connectivity index (χ2n) is 19.5. The lowest BCUT2D eigenvalue weighted by Crippen LogP contribution is -2.29. The highest BCUT2D eigenvalue weighted by atomic mass is 31.2. The minimum Gasteiger partial charge on any atom is -0.462 e. The Morgan fingerprint density at radius 2 is 0.753 bits per heavy atom. The van der Waals surface area contributed by atoms with Crippen LogP contribution in [-0.2, 0) is 32.7 Å². The van der Waals surface area contributed by atoms with Crippen LogP contribution < -0.4 is 5.73 Å². The third-order valence-corrected chi connectivity index (χ3v) is 13.4. The number of carbonyl (C=O) groups excluding carboxylic acids is 2. The molecule has 420 valence electrons. The predicted octanol–water partition coefficient (Wildman–Crippen LogP) is 18.8.